The van der Waals surface area contributed by atoms with Crippen molar-refractivity contribution in [3.63, 3.8) is 0 Å². The van der Waals surface area contributed by atoms with Crippen molar-refractivity contribution >= 4 is 26.0 Å². The van der Waals surface area contributed by atoms with Crippen molar-refractivity contribution in [1.29, 1.82) is 0 Å². The molecule has 0 unspecified atom stereocenters. The average Bonchev–Trinajstić information content (AvgIpc) is 2.30. The summed E-state index contributed by atoms with van der Waals surface area (Å²) in [4.78, 5) is -0.0361. The third kappa shape index (κ3) is 3.52. The number of rotatable bonds is 3. The first-order chi connectivity index (χ1) is 8.86. The third-order valence-electron chi connectivity index (χ3n) is 2.26. The molecule has 0 saturated carbocycles. The van der Waals surface area contributed by atoms with Gasteiger partial charge in [0.1, 0.15) is 17.3 Å². The Hall–Kier alpha value is -1.44. The second-order valence-electron chi connectivity index (χ2n) is 3.70. The van der Waals surface area contributed by atoms with E-state index in [4.69, 9.17) is 9.88 Å². The van der Waals surface area contributed by atoms with Crippen molar-refractivity contribution in [3.05, 3.63) is 52.8 Å². The molecule has 0 aliphatic rings. The Labute approximate surface area is 118 Å². The number of primary sulfonamides is 1. The minimum Gasteiger partial charge on any atom is -0.456 e. The second kappa shape index (κ2) is 5.28. The van der Waals surface area contributed by atoms with Crippen LogP contribution >= 0.6 is 15.9 Å². The molecule has 2 aromatic carbocycles. The maximum atomic E-state index is 13.0. The van der Waals surface area contributed by atoms with Gasteiger partial charge in [0.05, 0.1) is 9.37 Å². The number of hydrogen-bond donors (Lipinski definition) is 1. The van der Waals surface area contributed by atoms with Crippen LogP contribution < -0.4 is 9.88 Å². The van der Waals surface area contributed by atoms with Crippen LogP contribution in [0.4, 0.5) is 4.39 Å². The van der Waals surface area contributed by atoms with Crippen LogP contribution in [-0.2, 0) is 10.0 Å². The summed E-state index contributed by atoms with van der Waals surface area (Å²) in [7, 11) is -3.77. The van der Waals surface area contributed by atoms with Crippen LogP contribution in [0.3, 0.4) is 0 Å². The molecule has 0 aliphatic carbocycles. The van der Waals surface area contributed by atoms with Gasteiger partial charge >= 0.3 is 0 Å². The zero-order chi connectivity index (χ0) is 14.0. The summed E-state index contributed by atoms with van der Waals surface area (Å²) in [5.74, 6) is 0.247. The molecule has 0 heterocycles. The number of ether oxygens (including phenoxy) is 1. The highest BCUT2D eigenvalue weighted by Gasteiger charge is 2.11. The Bertz CT molecular complexity index is 719. The molecule has 0 aliphatic heterocycles. The zero-order valence-corrected chi connectivity index (χ0v) is 11.9. The number of benzene rings is 2. The molecule has 0 bridgehead atoms. The lowest BCUT2D eigenvalue weighted by Gasteiger charge is -2.08. The average molecular weight is 346 g/mol. The summed E-state index contributed by atoms with van der Waals surface area (Å²) in [6.45, 7) is 0. The molecule has 0 amide bonds. The first-order valence-corrected chi connectivity index (χ1v) is 7.46. The van der Waals surface area contributed by atoms with Crippen LogP contribution in [0.1, 0.15) is 0 Å². The van der Waals surface area contributed by atoms with Crippen LogP contribution in [0.2, 0.25) is 0 Å². The van der Waals surface area contributed by atoms with Gasteiger partial charge in [-0.1, -0.05) is 6.07 Å². The summed E-state index contributed by atoms with van der Waals surface area (Å²) in [5.41, 5.74) is 0. The van der Waals surface area contributed by atoms with Gasteiger partial charge in [-0.2, -0.15) is 0 Å². The van der Waals surface area contributed by atoms with E-state index in [1.54, 1.807) is 6.07 Å². The molecule has 0 fully saturated rings. The number of halogens is 2. The molecule has 0 spiro atoms. The van der Waals surface area contributed by atoms with Crippen molar-refractivity contribution in [2.75, 3.05) is 0 Å². The standard InChI is InChI=1S/C12H9BrFNO3S/c13-11-7-10(19(15,16)17)4-5-12(11)18-9-3-1-2-8(14)6-9/h1-7H,(H2,15,16,17). The third-order valence-corrected chi connectivity index (χ3v) is 3.79. The van der Waals surface area contributed by atoms with E-state index in [0.29, 0.717) is 16.0 Å². The lowest BCUT2D eigenvalue weighted by atomic mass is 10.3. The minimum absolute atomic E-state index is 0.0361. The van der Waals surface area contributed by atoms with Gasteiger partial charge in [-0.05, 0) is 46.3 Å². The van der Waals surface area contributed by atoms with E-state index in [-0.39, 0.29) is 4.90 Å². The van der Waals surface area contributed by atoms with Crippen molar-refractivity contribution in [2.45, 2.75) is 4.90 Å². The van der Waals surface area contributed by atoms with Crippen molar-refractivity contribution < 1.29 is 17.5 Å². The summed E-state index contributed by atoms with van der Waals surface area (Å²) in [6, 6.07) is 9.69. The molecule has 7 heteroatoms. The molecule has 2 aromatic rings. The van der Waals surface area contributed by atoms with E-state index < -0.39 is 15.8 Å². The highest BCUT2D eigenvalue weighted by molar-refractivity contribution is 9.10. The molecule has 2 N–H and O–H groups in total. The predicted octanol–water partition coefficient (Wildman–Crippen LogP) is 3.03. The molecule has 4 nitrogen and oxygen atoms in total. The fourth-order valence-electron chi connectivity index (χ4n) is 1.40. The van der Waals surface area contributed by atoms with Crippen molar-refractivity contribution in [3.8, 4) is 11.5 Å². The largest absolute Gasteiger partial charge is 0.456 e. The molecule has 100 valence electrons. The topological polar surface area (TPSA) is 69.4 Å². The number of nitrogens with two attached hydrogens (primary N) is 1. The smallest absolute Gasteiger partial charge is 0.238 e. The first-order valence-electron chi connectivity index (χ1n) is 5.12. The summed E-state index contributed by atoms with van der Waals surface area (Å²) >= 11 is 3.18. The van der Waals surface area contributed by atoms with E-state index in [1.807, 2.05) is 0 Å². The number of hydrogen-bond acceptors (Lipinski definition) is 3. The fraction of sp³-hybridized carbons (Fsp3) is 0. The zero-order valence-electron chi connectivity index (χ0n) is 9.51. The highest BCUT2D eigenvalue weighted by atomic mass is 79.9. The lowest BCUT2D eigenvalue weighted by molar-refractivity contribution is 0.473. The molecule has 2 rings (SSSR count). The Morgan fingerprint density at radius 2 is 1.89 bits per heavy atom. The summed E-state index contributed by atoms with van der Waals surface area (Å²) in [5, 5.41) is 5.01. The van der Waals surface area contributed by atoms with Gasteiger partial charge in [-0.25, -0.2) is 17.9 Å². The van der Waals surface area contributed by atoms with E-state index in [1.165, 1.54) is 36.4 Å². The number of sulfonamides is 1. The van der Waals surface area contributed by atoms with Gasteiger partial charge in [-0.3, -0.25) is 0 Å². The minimum atomic E-state index is -3.77. The second-order valence-corrected chi connectivity index (χ2v) is 6.11. The molecule has 19 heavy (non-hydrogen) atoms. The van der Waals surface area contributed by atoms with Gasteiger partial charge in [0.2, 0.25) is 10.0 Å². The van der Waals surface area contributed by atoms with E-state index >= 15 is 0 Å². The predicted molar refractivity (Wildman–Crippen MR) is 72.0 cm³/mol. The molecule has 0 aromatic heterocycles. The molecule has 0 saturated heterocycles. The van der Waals surface area contributed by atoms with Crippen LogP contribution in [0.5, 0.6) is 11.5 Å². The maximum Gasteiger partial charge on any atom is 0.238 e. The van der Waals surface area contributed by atoms with E-state index in [2.05, 4.69) is 15.9 Å². The van der Waals surface area contributed by atoms with E-state index in [0.717, 1.165) is 0 Å². The van der Waals surface area contributed by atoms with Gasteiger partial charge in [-0.15, -0.1) is 0 Å². The maximum absolute atomic E-state index is 13.0. The molecular weight excluding hydrogens is 337 g/mol. The van der Waals surface area contributed by atoms with Gasteiger partial charge in [0.15, 0.2) is 0 Å². The molecule has 0 radical (unpaired) electrons. The SMILES string of the molecule is NS(=O)(=O)c1ccc(Oc2cccc(F)c2)c(Br)c1. The summed E-state index contributed by atoms with van der Waals surface area (Å²) < 4.78 is 41.2. The molecule has 0 atom stereocenters. The molecular formula is C12H9BrFNO3S. The Kier molecular flexibility index (Phi) is 3.88. The van der Waals surface area contributed by atoms with Crippen molar-refractivity contribution in [1.82, 2.24) is 0 Å². The van der Waals surface area contributed by atoms with Crippen LogP contribution in [0.25, 0.3) is 0 Å². The first kappa shape index (κ1) is 14.0. The monoisotopic (exact) mass is 345 g/mol. The van der Waals surface area contributed by atoms with Crippen LogP contribution in [0.15, 0.2) is 51.8 Å². The van der Waals surface area contributed by atoms with E-state index in [9.17, 15) is 12.8 Å². The summed E-state index contributed by atoms with van der Waals surface area (Å²) in [6.07, 6.45) is 0. The fourth-order valence-corrected chi connectivity index (χ4v) is 2.55. The highest BCUT2D eigenvalue weighted by Crippen LogP contribution is 2.31. The normalized spacial score (nSPS) is 11.3. The van der Waals surface area contributed by atoms with Crippen LogP contribution in [-0.4, -0.2) is 8.42 Å². The van der Waals surface area contributed by atoms with Crippen LogP contribution in [0, 0.1) is 5.82 Å². The Morgan fingerprint density at radius 3 is 2.47 bits per heavy atom. The quantitative estimate of drug-likeness (QED) is 0.929. The Morgan fingerprint density at radius 1 is 1.16 bits per heavy atom. The van der Waals surface area contributed by atoms with Gasteiger partial charge in [0.25, 0.3) is 0 Å². The lowest BCUT2D eigenvalue weighted by Crippen LogP contribution is -2.11. The van der Waals surface area contributed by atoms with Crippen molar-refractivity contribution in [2.24, 2.45) is 5.14 Å². The van der Waals surface area contributed by atoms with Gasteiger partial charge < -0.3 is 4.74 Å². The van der Waals surface area contributed by atoms with Gasteiger partial charge in [0, 0.05) is 6.07 Å². The Balaban J connectivity index is 2.32.